The van der Waals surface area contributed by atoms with Gasteiger partial charge in [-0.3, -0.25) is 4.79 Å². The van der Waals surface area contributed by atoms with Gasteiger partial charge in [-0.25, -0.2) is 19.9 Å². The van der Waals surface area contributed by atoms with Crippen molar-refractivity contribution < 1.29 is 9.53 Å². The molecule has 1 atom stereocenters. The minimum absolute atomic E-state index is 0.0916. The second-order valence-electron chi connectivity index (χ2n) is 7.18. The fourth-order valence-corrected chi connectivity index (χ4v) is 3.60. The monoisotopic (exact) mass is 395 g/mol. The van der Waals surface area contributed by atoms with Gasteiger partial charge in [0.1, 0.15) is 24.1 Å². The summed E-state index contributed by atoms with van der Waals surface area (Å²) >= 11 is 0. The molecule has 4 rings (SSSR count). The lowest BCUT2D eigenvalue weighted by Gasteiger charge is -2.16. The van der Waals surface area contributed by atoms with Gasteiger partial charge in [-0.15, -0.1) is 0 Å². The Bertz CT molecular complexity index is 1020. The van der Waals surface area contributed by atoms with Crippen LogP contribution in [0.2, 0.25) is 0 Å². The van der Waals surface area contributed by atoms with Crippen LogP contribution in [0.5, 0.6) is 5.88 Å². The van der Waals surface area contributed by atoms with Crippen molar-refractivity contribution in [3.8, 4) is 17.3 Å². The van der Waals surface area contributed by atoms with E-state index in [1.54, 1.807) is 12.4 Å². The van der Waals surface area contributed by atoms with Crippen LogP contribution in [0.3, 0.4) is 0 Å². The lowest BCUT2D eigenvalue weighted by Crippen LogP contribution is -2.30. The van der Waals surface area contributed by atoms with E-state index in [-0.39, 0.29) is 12.0 Å². The summed E-state index contributed by atoms with van der Waals surface area (Å²) in [6, 6.07) is 0. The van der Waals surface area contributed by atoms with Crippen molar-refractivity contribution in [2.24, 2.45) is 0 Å². The Morgan fingerprint density at radius 1 is 1.21 bits per heavy atom. The van der Waals surface area contributed by atoms with Crippen molar-refractivity contribution in [3.63, 3.8) is 0 Å². The van der Waals surface area contributed by atoms with Gasteiger partial charge in [-0.2, -0.15) is 4.98 Å². The Labute approximate surface area is 169 Å². The highest BCUT2D eigenvalue weighted by Gasteiger charge is 2.28. The van der Waals surface area contributed by atoms with Crippen LogP contribution in [0.25, 0.3) is 22.6 Å². The second-order valence-corrected chi connectivity index (χ2v) is 7.18. The maximum atomic E-state index is 11.9. The van der Waals surface area contributed by atoms with Gasteiger partial charge in [0.25, 0.3) is 0 Å². The molecule has 0 aliphatic carbocycles. The summed E-state index contributed by atoms with van der Waals surface area (Å²) in [6.07, 6.45) is 7.18. The third-order valence-corrected chi connectivity index (χ3v) is 5.06. The normalized spacial score (nSPS) is 16.5. The number of carbonyl (C=O) groups excluding carboxylic acids is 1. The van der Waals surface area contributed by atoms with Gasteiger partial charge in [0, 0.05) is 38.3 Å². The molecule has 1 aliphatic rings. The maximum Gasteiger partial charge on any atom is 0.245 e. The number of carbonyl (C=O) groups is 1. The first-order chi connectivity index (χ1) is 14.1. The Morgan fingerprint density at radius 3 is 2.72 bits per heavy atom. The Morgan fingerprint density at radius 2 is 2.00 bits per heavy atom. The number of ether oxygens (including phenoxy) is 1. The third kappa shape index (κ3) is 3.76. The molecule has 1 amide bonds. The van der Waals surface area contributed by atoms with Crippen LogP contribution in [0.1, 0.15) is 38.9 Å². The molecule has 0 radical (unpaired) electrons. The molecular weight excluding hydrogens is 370 g/mol. The summed E-state index contributed by atoms with van der Waals surface area (Å²) in [7, 11) is 0. The zero-order valence-corrected chi connectivity index (χ0v) is 17.0. The number of rotatable bonds is 6. The van der Waals surface area contributed by atoms with E-state index in [0.29, 0.717) is 36.7 Å². The highest BCUT2D eigenvalue weighted by atomic mass is 16.5. The first-order valence-electron chi connectivity index (χ1n) is 10.0. The van der Waals surface area contributed by atoms with Crippen LogP contribution >= 0.6 is 0 Å². The number of aryl methyl sites for hydroxylation is 2. The van der Waals surface area contributed by atoms with Gasteiger partial charge in [0.15, 0.2) is 11.2 Å². The molecule has 29 heavy (non-hydrogen) atoms. The summed E-state index contributed by atoms with van der Waals surface area (Å²) in [5.41, 5.74) is 2.18. The number of fused-ring (bicyclic) bond motifs is 1. The molecule has 0 aromatic carbocycles. The molecule has 0 saturated carbocycles. The summed E-state index contributed by atoms with van der Waals surface area (Å²) in [5, 5.41) is 0. The first kappa shape index (κ1) is 19.2. The van der Waals surface area contributed by atoms with E-state index in [2.05, 4.69) is 31.4 Å². The fourth-order valence-electron chi connectivity index (χ4n) is 3.60. The van der Waals surface area contributed by atoms with E-state index in [1.807, 2.05) is 18.7 Å². The van der Waals surface area contributed by atoms with Gasteiger partial charge >= 0.3 is 0 Å². The molecule has 0 N–H and O–H groups in total. The lowest BCUT2D eigenvalue weighted by atomic mass is 10.3. The van der Waals surface area contributed by atoms with Crippen molar-refractivity contribution in [2.75, 3.05) is 13.1 Å². The zero-order chi connectivity index (χ0) is 20.4. The van der Waals surface area contributed by atoms with Crippen LogP contribution in [0.4, 0.5) is 0 Å². The van der Waals surface area contributed by atoms with E-state index in [4.69, 9.17) is 9.72 Å². The van der Waals surface area contributed by atoms with Crippen LogP contribution in [-0.4, -0.2) is 59.5 Å². The number of likely N-dealkylation sites (tertiary alicyclic amines) is 1. The molecule has 3 aromatic rings. The van der Waals surface area contributed by atoms with Crippen molar-refractivity contribution in [2.45, 2.75) is 52.7 Å². The Hall–Kier alpha value is -3.10. The van der Waals surface area contributed by atoms with E-state index >= 15 is 0 Å². The standard InChI is InChI=1S/C20H25N7O2/c1-4-7-27-18(14-9-21-13(3)22-10-14)25-17-19(27)23-12-24-20(17)29-15-6-8-26(11-15)16(28)5-2/h9-10,12,15H,4-8,11H2,1-3H3/t15-/m0/s1. The average molecular weight is 395 g/mol. The Balaban J connectivity index is 1.68. The molecule has 0 spiro atoms. The summed E-state index contributed by atoms with van der Waals surface area (Å²) in [5.74, 6) is 2.07. The zero-order valence-electron chi connectivity index (χ0n) is 17.0. The molecule has 0 unspecified atom stereocenters. The van der Waals surface area contributed by atoms with Crippen LogP contribution in [0, 0.1) is 6.92 Å². The van der Waals surface area contributed by atoms with E-state index in [9.17, 15) is 4.79 Å². The molecule has 4 heterocycles. The van der Waals surface area contributed by atoms with Crippen molar-refractivity contribution >= 4 is 17.1 Å². The van der Waals surface area contributed by atoms with Gasteiger partial charge in [0.05, 0.1) is 12.1 Å². The van der Waals surface area contributed by atoms with E-state index in [0.717, 1.165) is 36.4 Å². The Kier molecular flexibility index (Phi) is 5.37. The second kappa shape index (κ2) is 8.10. The van der Waals surface area contributed by atoms with Crippen molar-refractivity contribution in [1.82, 2.24) is 34.4 Å². The van der Waals surface area contributed by atoms with Crippen LogP contribution in [0.15, 0.2) is 18.7 Å². The maximum absolute atomic E-state index is 11.9. The number of amides is 1. The van der Waals surface area contributed by atoms with Crippen LogP contribution < -0.4 is 4.74 Å². The minimum atomic E-state index is -0.0916. The SMILES string of the molecule is CCCn1c(-c2cnc(C)nc2)nc2c(O[C@H]3CCN(C(=O)CC)C3)ncnc21. The number of nitrogens with zero attached hydrogens (tertiary/aromatic N) is 7. The molecule has 0 bridgehead atoms. The average Bonchev–Trinajstić information content (AvgIpc) is 3.34. The van der Waals surface area contributed by atoms with E-state index < -0.39 is 0 Å². The molecule has 3 aromatic heterocycles. The van der Waals surface area contributed by atoms with Gasteiger partial charge in [-0.1, -0.05) is 13.8 Å². The first-order valence-corrected chi connectivity index (χ1v) is 10.0. The van der Waals surface area contributed by atoms with Gasteiger partial charge in [0.2, 0.25) is 11.8 Å². The number of hydrogen-bond donors (Lipinski definition) is 0. The predicted octanol–water partition coefficient (Wildman–Crippen LogP) is 2.39. The minimum Gasteiger partial charge on any atom is -0.471 e. The number of imidazole rings is 1. The lowest BCUT2D eigenvalue weighted by molar-refractivity contribution is -0.130. The number of aromatic nitrogens is 6. The molecule has 1 saturated heterocycles. The van der Waals surface area contributed by atoms with Gasteiger partial charge in [-0.05, 0) is 13.3 Å². The van der Waals surface area contributed by atoms with Gasteiger partial charge < -0.3 is 14.2 Å². The highest BCUT2D eigenvalue weighted by molar-refractivity contribution is 5.81. The highest BCUT2D eigenvalue weighted by Crippen LogP contribution is 2.29. The van der Waals surface area contributed by atoms with Crippen molar-refractivity contribution in [1.29, 1.82) is 0 Å². The van der Waals surface area contributed by atoms with Crippen molar-refractivity contribution in [3.05, 3.63) is 24.5 Å². The molecule has 9 heteroatoms. The quantitative estimate of drug-likeness (QED) is 0.632. The van der Waals surface area contributed by atoms with Crippen LogP contribution in [-0.2, 0) is 11.3 Å². The summed E-state index contributed by atoms with van der Waals surface area (Å²) < 4.78 is 8.22. The molecule has 1 fully saturated rings. The van der Waals surface area contributed by atoms with E-state index in [1.165, 1.54) is 6.33 Å². The predicted molar refractivity (Wildman–Crippen MR) is 107 cm³/mol. The number of hydrogen-bond acceptors (Lipinski definition) is 7. The molecule has 152 valence electrons. The molecular formula is C20H25N7O2. The topological polar surface area (TPSA) is 98.9 Å². The largest absolute Gasteiger partial charge is 0.471 e. The molecule has 9 nitrogen and oxygen atoms in total. The molecule has 1 aliphatic heterocycles. The summed E-state index contributed by atoms with van der Waals surface area (Å²) in [6.45, 7) is 7.88. The fraction of sp³-hybridized carbons (Fsp3) is 0.500. The summed E-state index contributed by atoms with van der Waals surface area (Å²) in [4.78, 5) is 36.0. The smallest absolute Gasteiger partial charge is 0.245 e. The third-order valence-electron chi connectivity index (χ3n) is 5.06.